The van der Waals surface area contributed by atoms with Gasteiger partial charge in [0.1, 0.15) is 0 Å². The molecular weight excluding hydrogens is 200 g/mol. The largest absolute Gasteiger partial charge is 0.378 e. The second kappa shape index (κ2) is 4.26. The van der Waals surface area contributed by atoms with Gasteiger partial charge < -0.3 is 15.6 Å². The zero-order valence-corrected chi connectivity index (χ0v) is 9.57. The van der Waals surface area contributed by atoms with E-state index in [0.29, 0.717) is 5.95 Å². The third-order valence-corrected chi connectivity index (χ3v) is 2.50. The molecule has 0 atom stereocenters. The Hall–Kier alpha value is -1.97. The normalized spacial score (nSPS) is 10.4. The molecule has 4 heteroatoms. The number of benzene rings is 1. The van der Waals surface area contributed by atoms with Crippen LogP contribution in [0, 0.1) is 0 Å². The van der Waals surface area contributed by atoms with Crippen molar-refractivity contribution >= 4 is 11.6 Å². The SMILES string of the molecule is CN(C)c1ccc(Cc2cnc(N)[nH]2)cc1. The van der Waals surface area contributed by atoms with Crippen molar-refractivity contribution in [2.75, 3.05) is 24.7 Å². The fourth-order valence-electron chi connectivity index (χ4n) is 1.60. The quantitative estimate of drug-likeness (QED) is 0.820. The maximum Gasteiger partial charge on any atom is 0.197 e. The van der Waals surface area contributed by atoms with E-state index in [1.807, 2.05) is 14.1 Å². The van der Waals surface area contributed by atoms with Gasteiger partial charge in [0.15, 0.2) is 5.95 Å². The van der Waals surface area contributed by atoms with Crippen molar-refractivity contribution in [1.82, 2.24) is 9.97 Å². The molecular formula is C12H16N4. The number of nitrogens with one attached hydrogen (secondary N) is 1. The van der Waals surface area contributed by atoms with Crippen molar-refractivity contribution in [2.45, 2.75) is 6.42 Å². The van der Waals surface area contributed by atoms with E-state index in [2.05, 4.69) is 39.1 Å². The Morgan fingerprint density at radius 3 is 2.44 bits per heavy atom. The van der Waals surface area contributed by atoms with Gasteiger partial charge in [0, 0.05) is 31.9 Å². The zero-order chi connectivity index (χ0) is 11.5. The molecule has 0 unspecified atom stereocenters. The van der Waals surface area contributed by atoms with E-state index in [1.54, 1.807) is 6.20 Å². The first-order valence-electron chi connectivity index (χ1n) is 5.21. The second-order valence-corrected chi connectivity index (χ2v) is 4.03. The third-order valence-electron chi connectivity index (χ3n) is 2.50. The Balaban J connectivity index is 2.11. The van der Waals surface area contributed by atoms with Crippen molar-refractivity contribution in [3.05, 3.63) is 41.7 Å². The van der Waals surface area contributed by atoms with Crippen molar-refractivity contribution in [3.8, 4) is 0 Å². The molecule has 0 saturated carbocycles. The first kappa shape index (κ1) is 10.5. The Morgan fingerprint density at radius 2 is 1.94 bits per heavy atom. The monoisotopic (exact) mass is 216 g/mol. The van der Waals surface area contributed by atoms with Gasteiger partial charge in [-0.1, -0.05) is 12.1 Å². The molecule has 0 saturated heterocycles. The minimum absolute atomic E-state index is 0.472. The standard InChI is InChI=1S/C12H16N4/c1-16(2)11-5-3-9(4-6-11)7-10-8-14-12(13)15-10/h3-6,8H,7H2,1-2H3,(H3,13,14,15). The second-order valence-electron chi connectivity index (χ2n) is 4.03. The lowest BCUT2D eigenvalue weighted by molar-refractivity contribution is 1.09. The number of anilines is 2. The lowest BCUT2D eigenvalue weighted by Crippen LogP contribution is -2.08. The van der Waals surface area contributed by atoms with Crippen LogP contribution in [-0.4, -0.2) is 24.1 Å². The summed E-state index contributed by atoms with van der Waals surface area (Å²) in [5.74, 6) is 0.472. The Morgan fingerprint density at radius 1 is 1.25 bits per heavy atom. The smallest absolute Gasteiger partial charge is 0.197 e. The average Bonchev–Trinajstić information content (AvgIpc) is 2.65. The minimum Gasteiger partial charge on any atom is -0.378 e. The van der Waals surface area contributed by atoms with E-state index in [-0.39, 0.29) is 0 Å². The third kappa shape index (κ3) is 2.34. The number of H-pyrrole nitrogens is 1. The summed E-state index contributed by atoms with van der Waals surface area (Å²) in [7, 11) is 4.06. The summed E-state index contributed by atoms with van der Waals surface area (Å²) < 4.78 is 0. The number of rotatable bonds is 3. The van der Waals surface area contributed by atoms with Crippen molar-refractivity contribution in [2.24, 2.45) is 0 Å². The minimum atomic E-state index is 0.472. The van der Waals surface area contributed by atoms with Crippen molar-refractivity contribution in [3.63, 3.8) is 0 Å². The molecule has 4 nitrogen and oxygen atoms in total. The highest BCUT2D eigenvalue weighted by molar-refractivity contribution is 5.46. The predicted octanol–water partition coefficient (Wildman–Crippen LogP) is 1.65. The zero-order valence-electron chi connectivity index (χ0n) is 9.57. The highest BCUT2D eigenvalue weighted by atomic mass is 15.1. The summed E-state index contributed by atoms with van der Waals surface area (Å²) in [6.45, 7) is 0. The number of nitrogens with two attached hydrogens (primary N) is 1. The highest BCUT2D eigenvalue weighted by Crippen LogP contribution is 2.14. The molecule has 84 valence electrons. The molecule has 0 fully saturated rings. The molecule has 0 aliphatic heterocycles. The topological polar surface area (TPSA) is 57.9 Å². The van der Waals surface area contributed by atoms with Crippen molar-refractivity contribution in [1.29, 1.82) is 0 Å². The van der Waals surface area contributed by atoms with E-state index in [4.69, 9.17) is 5.73 Å². The van der Waals surface area contributed by atoms with Crippen LogP contribution in [0.25, 0.3) is 0 Å². The van der Waals surface area contributed by atoms with Gasteiger partial charge >= 0.3 is 0 Å². The van der Waals surface area contributed by atoms with Gasteiger partial charge in [0.2, 0.25) is 0 Å². The van der Waals surface area contributed by atoms with Gasteiger partial charge in [-0.2, -0.15) is 0 Å². The molecule has 0 amide bonds. The number of hydrogen-bond acceptors (Lipinski definition) is 3. The molecule has 2 aromatic rings. The van der Waals surface area contributed by atoms with Gasteiger partial charge in [-0.25, -0.2) is 4.98 Å². The summed E-state index contributed by atoms with van der Waals surface area (Å²) in [5, 5.41) is 0. The average molecular weight is 216 g/mol. The molecule has 0 spiro atoms. The van der Waals surface area contributed by atoms with Crippen LogP contribution in [0.15, 0.2) is 30.5 Å². The van der Waals surface area contributed by atoms with Gasteiger partial charge in [-0.05, 0) is 17.7 Å². The van der Waals surface area contributed by atoms with Crippen LogP contribution in [0.3, 0.4) is 0 Å². The van der Waals surface area contributed by atoms with E-state index in [9.17, 15) is 0 Å². The van der Waals surface area contributed by atoms with Gasteiger partial charge in [0.25, 0.3) is 0 Å². The van der Waals surface area contributed by atoms with Gasteiger partial charge in [-0.15, -0.1) is 0 Å². The predicted molar refractivity (Wildman–Crippen MR) is 66.6 cm³/mol. The summed E-state index contributed by atoms with van der Waals surface area (Å²) in [6, 6.07) is 8.45. The fraction of sp³-hybridized carbons (Fsp3) is 0.250. The van der Waals surface area contributed by atoms with E-state index in [1.165, 1.54) is 11.3 Å². The highest BCUT2D eigenvalue weighted by Gasteiger charge is 2.00. The molecule has 1 aromatic carbocycles. The summed E-state index contributed by atoms with van der Waals surface area (Å²) in [6.07, 6.45) is 2.60. The van der Waals surface area contributed by atoms with Crippen LogP contribution >= 0.6 is 0 Å². The molecule has 2 rings (SSSR count). The van der Waals surface area contributed by atoms with Crippen LogP contribution in [0.5, 0.6) is 0 Å². The Labute approximate surface area is 95.1 Å². The molecule has 16 heavy (non-hydrogen) atoms. The number of nitrogen functional groups attached to an aromatic ring is 1. The fourth-order valence-corrected chi connectivity index (χ4v) is 1.60. The molecule has 1 aromatic heterocycles. The number of hydrogen-bond donors (Lipinski definition) is 2. The van der Waals surface area contributed by atoms with E-state index in [0.717, 1.165) is 12.1 Å². The first-order chi connectivity index (χ1) is 7.65. The van der Waals surface area contributed by atoms with Crippen LogP contribution < -0.4 is 10.6 Å². The lowest BCUT2D eigenvalue weighted by Gasteiger charge is -2.12. The van der Waals surface area contributed by atoms with Gasteiger partial charge in [-0.3, -0.25) is 0 Å². The lowest BCUT2D eigenvalue weighted by atomic mass is 10.1. The number of nitrogens with zero attached hydrogens (tertiary/aromatic N) is 2. The molecule has 0 aliphatic carbocycles. The molecule has 0 bridgehead atoms. The summed E-state index contributed by atoms with van der Waals surface area (Å²) in [5.41, 5.74) is 9.01. The summed E-state index contributed by atoms with van der Waals surface area (Å²) in [4.78, 5) is 9.07. The molecule has 1 heterocycles. The Kier molecular flexibility index (Phi) is 2.81. The van der Waals surface area contributed by atoms with Gasteiger partial charge in [0.05, 0.1) is 6.20 Å². The number of aromatic amines is 1. The maximum atomic E-state index is 5.52. The van der Waals surface area contributed by atoms with Crippen LogP contribution in [-0.2, 0) is 6.42 Å². The molecule has 3 N–H and O–H groups in total. The van der Waals surface area contributed by atoms with Crippen LogP contribution in [0.4, 0.5) is 11.6 Å². The van der Waals surface area contributed by atoms with Crippen molar-refractivity contribution < 1.29 is 0 Å². The maximum absolute atomic E-state index is 5.52. The number of imidazole rings is 1. The molecule has 0 radical (unpaired) electrons. The van der Waals surface area contributed by atoms with Crippen LogP contribution in [0.2, 0.25) is 0 Å². The Bertz CT molecular complexity index is 456. The summed E-state index contributed by atoms with van der Waals surface area (Å²) >= 11 is 0. The number of aromatic nitrogens is 2. The first-order valence-corrected chi connectivity index (χ1v) is 5.21. The molecule has 0 aliphatic rings. The van der Waals surface area contributed by atoms with E-state index < -0.39 is 0 Å². The van der Waals surface area contributed by atoms with Crippen LogP contribution in [0.1, 0.15) is 11.3 Å². The van der Waals surface area contributed by atoms with E-state index >= 15 is 0 Å².